The summed E-state index contributed by atoms with van der Waals surface area (Å²) in [6.45, 7) is 3.83. The second-order valence-electron chi connectivity index (χ2n) is 8.94. The molecule has 2 heterocycles. The Balaban J connectivity index is 1.64. The van der Waals surface area contributed by atoms with E-state index in [9.17, 15) is 9.59 Å². The highest BCUT2D eigenvalue weighted by molar-refractivity contribution is 7.07. The maximum Gasteiger partial charge on any atom is 0.338 e. The van der Waals surface area contributed by atoms with Crippen LogP contribution >= 0.6 is 11.3 Å². The number of thiazole rings is 1. The Labute approximate surface area is 217 Å². The molecule has 6 rings (SSSR count). The van der Waals surface area contributed by atoms with Gasteiger partial charge in [-0.25, -0.2) is 9.79 Å². The lowest BCUT2D eigenvalue weighted by atomic mass is 9.91. The predicted octanol–water partition coefficient (Wildman–Crippen LogP) is 5.10. The van der Waals surface area contributed by atoms with E-state index in [1.165, 1.54) is 11.3 Å². The standard InChI is InChI=1S/C31H24N2O3S/c1-3-36-30(35)27-19(2)32-31-33(28(27)25-17-9-13-21-11-5-7-16-24(21)25)29(34)26(37-31)18-22-14-8-12-20-10-4-6-15-23(20)22/h4-18,28H,3H2,1-2H3/b26-18-/t28-/m1/s1. The van der Waals surface area contributed by atoms with Gasteiger partial charge < -0.3 is 4.74 Å². The predicted molar refractivity (Wildman–Crippen MR) is 148 cm³/mol. The van der Waals surface area contributed by atoms with E-state index in [0.29, 0.717) is 20.6 Å². The number of nitrogens with zero attached hydrogens (tertiary/aromatic N) is 2. The fraction of sp³-hybridized carbons (Fsp3) is 0.129. The first kappa shape index (κ1) is 23.1. The van der Waals surface area contributed by atoms with Gasteiger partial charge in [0.15, 0.2) is 4.80 Å². The topological polar surface area (TPSA) is 60.7 Å². The monoisotopic (exact) mass is 504 g/mol. The van der Waals surface area contributed by atoms with E-state index in [2.05, 4.69) is 18.2 Å². The first-order valence-electron chi connectivity index (χ1n) is 12.2. The van der Waals surface area contributed by atoms with Gasteiger partial charge in [-0.3, -0.25) is 9.36 Å². The average molecular weight is 505 g/mol. The summed E-state index contributed by atoms with van der Waals surface area (Å²) in [6, 6.07) is 27.5. The molecule has 0 bridgehead atoms. The molecule has 1 atom stereocenters. The molecular formula is C31H24N2O3S. The zero-order chi connectivity index (χ0) is 25.5. The van der Waals surface area contributed by atoms with E-state index in [0.717, 1.165) is 32.7 Å². The molecule has 182 valence electrons. The molecule has 4 aromatic carbocycles. The van der Waals surface area contributed by atoms with Crippen molar-refractivity contribution in [3.8, 4) is 0 Å². The number of ether oxygens (including phenoxy) is 1. The molecule has 0 saturated heterocycles. The summed E-state index contributed by atoms with van der Waals surface area (Å²) in [6.07, 6.45) is 1.93. The summed E-state index contributed by atoms with van der Waals surface area (Å²) >= 11 is 1.34. The van der Waals surface area contributed by atoms with Crippen LogP contribution in [0.4, 0.5) is 0 Å². The van der Waals surface area contributed by atoms with Gasteiger partial charge in [0.1, 0.15) is 0 Å². The Morgan fingerprint density at radius 1 is 0.946 bits per heavy atom. The highest BCUT2D eigenvalue weighted by Crippen LogP contribution is 2.34. The maximum absolute atomic E-state index is 14.0. The molecule has 6 heteroatoms. The van der Waals surface area contributed by atoms with Crippen LogP contribution in [-0.2, 0) is 9.53 Å². The fourth-order valence-corrected chi connectivity index (χ4v) is 6.13. The van der Waals surface area contributed by atoms with Crippen molar-refractivity contribution in [2.24, 2.45) is 4.99 Å². The third kappa shape index (κ3) is 3.90. The minimum atomic E-state index is -0.643. The van der Waals surface area contributed by atoms with Crippen molar-refractivity contribution in [1.29, 1.82) is 0 Å². The number of esters is 1. The average Bonchev–Trinajstić information content (AvgIpc) is 3.22. The summed E-state index contributed by atoms with van der Waals surface area (Å²) in [5, 5.41) is 4.20. The molecule has 0 unspecified atom stereocenters. The summed E-state index contributed by atoms with van der Waals surface area (Å²) in [4.78, 5) is 32.5. The minimum absolute atomic E-state index is 0.177. The van der Waals surface area contributed by atoms with E-state index in [-0.39, 0.29) is 12.2 Å². The van der Waals surface area contributed by atoms with Gasteiger partial charge in [-0.1, -0.05) is 96.3 Å². The molecule has 1 aromatic heterocycles. The summed E-state index contributed by atoms with van der Waals surface area (Å²) in [5.74, 6) is -0.454. The van der Waals surface area contributed by atoms with Crippen LogP contribution in [0, 0.1) is 0 Å². The van der Waals surface area contributed by atoms with Crippen molar-refractivity contribution in [3.63, 3.8) is 0 Å². The number of hydrogen-bond donors (Lipinski definition) is 0. The van der Waals surface area contributed by atoms with Crippen molar-refractivity contribution < 1.29 is 9.53 Å². The van der Waals surface area contributed by atoms with Crippen LogP contribution in [-0.4, -0.2) is 17.1 Å². The third-order valence-corrected chi connectivity index (χ3v) is 7.73. The molecule has 5 nitrogen and oxygen atoms in total. The van der Waals surface area contributed by atoms with Crippen LogP contribution in [0.3, 0.4) is 0 Å². The number of allylic oxidation sites excluding steroid dienone is 1. The van der Waals surface area contributed by atoms with Gasteiger partial charge in [-0.2, -0.15) is 0 Å². The third-order valence-electron chi connectivity index (χ3n) is 6.74. The highest BCUT2D eigenvalue weighted by atomic mass is 32.1. The molecule has 1 aliphatic heterocycles. The molecule has 0 N–H and O–H groups in total. The number of hydrogen-bond acceptors (Lipinski definition) is 5. The first-order valence-corrected chi connectivity index (χ1v) is 13.0. The van der Waals surface area contributed by atoms with Crippen molar-refractivity contribution in [2.45, 2.75) is 19.9 Å². The lowest BCUT2D eigenvalue weighted by Gasteiger charge is -2.25. The molecule has 0 fully saturated rings. The number of benzene rings is 4. The molecule has 37 heavy (non-hydrogen) atoms. The quantitative estimate of drug-likeness (QED) is 0.320. The van der Waals surface area contributed by atoms with Crippen molar-refractivity contribution in [2.75, 3.05) is 6.61 Å². The van der Waals surface area contributed by atoms with Crippen molar-refractivity contribution in [1.82, 2.24) is 4.57 Å². The molecule has 0 amide bonds. The molecule has 0 spiro atoms. The number of carbonyl (C=O) groups excluding carboxylic acids is 1. The Kier molecular flexibility index (Phi) is 5.81. The minimum Gasteiger partial charge on any atom is -0.463 e. The molecule has 0 radical (unpaired) electrons. The van der Waals surface area contributed by atoms with Crippen LogP contribution in [0.1, 0.15) is 31.0 Å². The van der Waals surface area contributed by atoms with Crippen LogP contribution in [0.25, 0.3) is 27.6 Å². The van der Waals surface area contributed by atoms with E-state index < -0.39 is 12.0 Å². The van der Waals surface area contributed by atoms with Crippen LogP contribution in [0.5, 0.6) is 0 Å². The van der Waals surface area contributed by atoms with Gasteiger partial charge in [-0.05, 0) is 52.6 Å². The van der Waals surface area contributed by atoms with E-state index in [1.807, 2.05) is 79.7 Å². The van der Waals surface area contributed by atoms with E-state index in [4.69, 9.17) is 9.73 Å². The first-order chi connectivity index (χ1) is 18.1. The Bertz CT molecular complexity index is 1900. The van der Waals surface area contributed by atoms with E-state index >= 15 is 0 Å². The van der Waals surface area contributed by atoms with Crippen molar-refractivity contribution in [3.05, 3.63) is 127 Å². The smallest absolute Gasteiger partial charge is 0.338 e. The Hall–Kier alpha value is -4.29. The largest absolute Gasteiger partial charge is 0.463 e. The highest BCUT2D eigenvalue weighted by Gasteiger charge is 2.34. The van der Waals surface area contributed by atoms with Gasteiger partial charge in [0, 0.05) is 0 Å². The molecule has 5 aromatic rings. The normalized spacial score (nSPS) is 15.6. The number of aromatic nitrogens is 1. The molecule has 0 aliphatic carbocycles. The zero-order valence-electron chi connectivity index (χ0n) is 20.5. The van der Waals surface area contributed by atoms with Gasteiger partial charge in [0.25, 0.3) is 5.56 Å². The SMILES string of the molecule is CCOC(=O)C1=C(C)N=c2s/c(=C\c3cccc4ccccc34)c(=O)n2[C@@H]1c1cccc2ccccc12. The van der Waals surface area contributed by atoms with Crippen LogP contribution in [0.2, 0.25) is 0 Å². The Morgan fingerprint density at radius 3 is 2.35 bits per heavy atom. The number of carbonyl (C=O) groups is 1. The Morgan fingerprint density at radius 2 is 1.59 bits per heavy atom. The van der Waals surface area contributed by atoms with Crippen molar-refractivity contribution >= 4 is 44.9 Å². The molecule has 1 aliphatic rings. The lowest BCUT2D eigenvalue weighted by molar-refractivity contribution is -0.139. The second-order valence-corrected chi connectivity index (χ2v) is 9.95. The summed E-state index contributed by atoms with van der Waals surface area (Å²) < 4.78 is 7.67. The molecular weight excluding hydrogens is 480 g/mol. The van der Waals surface area contributed by atoms with E-state index in [1.54, 1.807) is 11.5 Å². The maximum atomic E-state index is 14.0. The van der Waals surface area contributed by atoms with Gasteiger partial charge in [-0.15, -0.1) is 0 Å². The van der Waals surface area contributed by atoms with Crippen LogP contribution in [0.15, 0.2) is 106 Å². The van der Waals surface area contributed by atoms with Gasteiger partial charge in [0.2, 0.25) is 0 Å². The van der Waals surface area contributed by atoms with Gasteiger partial charge >= 0.3 is 5.97 Å². The second kappa shape index (κ2) is 9.30. The zero-order valence-corrected chi connectivity index (χ0v) is 21.3. The number of rotatable bonds is 4. The molecule has 0 saturated carbocycles. The fourth-order valence-electron chi connectivity index (χ4n) is 5.09. The van der Waals surface area contributed by atoms with Crippen LogP contribution < -0.4 is 14.9 Å². The lowest BCUT2D eigenvalue weighted by Crippen LogP contribution is -2.40. The number of fused-ring (bicyclic) bond motifs is 3. The summed E-state index contributed by atoms with van der Waals surface area (Å²) in [7, 11) is 0. The van der Waals surface area contributed by atoms with Gasteiger partial charge in [0.05, 0.1) is 28.5 Å². The summed E-state index contributed by atoms with van der Waals surface area (Å²) in [5.41, 5.74) is 2.61.